The maximum Gasteiger partial charge on any atom is 0.407 e. The first-order valence-corrected chi connectivity index (χ1v) is 9.97. The maximum atomic E-state index is 12.2. The first-order chi connectivity index (χ1) is 15.1. The van der Waals surface area contributed by atoms with Crippen LogP contribution >= 0.6 is 0 Å². The van der Waals surface area contributed by atoms with Crippen molar-refractivity contribution in [3.05, 3.63) is 83.6 Å². The van der Waals surface area contributed by atoms with Crippen LogP contribution in [0, 0.1) is 0 Å². The summed E-state index contributed by atoms with van der Waals surface area (Å²) in [5.41, 5.74) is 7.13. The van der Waals surface area contributed by atoms with Gasteiger partial charge in [-0.15, -0.1) is 0 Å². The predicted molar refractivity (Wildman–Crippen MR) is 116 cm³/mol. The number of nitrogens with one attached hydrogen (secondary N) is 2. The first kappa shape index (κ1) is 20.8. The highest BCUT2D eigenvalue weighted by atomic mass is 16.5. The van der Waals surface area contributed by atoms with E-state index in [-0.39, 0.29) is 24.8 Å². The van der Waals surface area contributed by atoms with Crippen LogP contribution in [0.4, 0.5) is 10.6 Å². The normalized spacial score (nSPS) is 14.3. The lowest BCUT2D eigenvalue weighted by molar-refractivity contribution is 0.0161. The number of benzene rings is 2. The number of amides is 1. The predicted octanol–water partition coefficient (Wildman–Crippen LogP) is 2.30. The Kier molecular flexibility index (Phi) is 6.13. The van der Waals surface area contributed by atoms with Crippen LogP contribution in [-0.4, -0.2) is 40.5 Å². The summed E-state index contributed by atoms with van der Waals surface area (Å²) in [6.45, 7) is -0.0237. The summed E-state index contributed by atoms with van der Waals surface area (Å²) in [4.78, 5) is 16.3. The molecule has 0 radical (unpaired) electrons. The van der Waals surface area contributed by atoms with E-state index in [1.54, 1.807) is 18.2 Å². The fourth-order valence-corrected chi connectivity index (χ4v) is 3.84. The van der Waals surface area contributed by atoms with Crippen LogP contribution in [0.3, 0.4) is 0 Å². The van der Waals surface area contributed by atoms with Gasteiger partial charge in [0.2, 0.25) is 0 Å². The zero-order chi connectivity index (χ0) is 21.8. The number of pyridine rings is 1. The number of nitrogens with two attached hydrogens (primary N) is 1. The molecule has 31 heavy (non-hydrogen) atoms. The molecular weight excluding hydrogens is 396 g/mol. The Hall–Kier alpha value is -3.46. The minimum absolute atomic E-state index is 0.0515. The molecule has 1 aromatic heterocycles. The van der Waals surface area contributed by atoms with Gasteiger partial charge in [0.15, 0.2) is 0 Å². The van der Waals surface area contributed by atoms with Crippen LogP contribution in [-0.2, 0) is 4.74 Å². The molecule has 0 bridgehead atoms. The van der Waals surface area contributed by atoms with Gasteiger partial charge in [-0.25, -0.2) is 15.6 Å². The number of ether oxygens (including phenoxy) is 1. The Morgan fingerprint density at radius 3 is 2.29 bits per heavy atom. The van der Waals surface area contributed by atoms with Crippen LogP contribution < -0.4 is 16.6 Å². The Bertz CT molecular complexity index is 1030. The summed E-state index contributed by atoms with van der Waals surface area (Å²) in [5.74, 6) is 5.61. The second kappa shape index (κ2) is 9.13. The SMILES string of the molecule is NNc1cccc(C(O)C(O)CNC(=O)OCC2c3ccccc3-c3ccccc32)n1. The Morgan fingerprint density at radius 2 is 1.65 bits per heavy atom. The number of aliphatic hydroxyl groups is 2. The van der Waals surface area contributed by atoms with E-state index in [4.69, 9.17) is 10.6 Å². The number of hydrazine groups is 1. The average molecular weight is 420 g/mol. The van der Waals surface area contributed by atoms with Crippen molar-refractivity contribution in [3.8, 4) is 11.1 Å². The number of rotatable bonds is 7. The molecule has 0 saturated heterocycles. The summed E-state index contributed by atoms with van der Waals surface area (Å²) in [5, 5.41) is 23.0. The van der Waals surface area contributed by atoms with Crippen LogP contribution in [0.5, 0.6) is 0 Å². The Balaban J connectivity index is 1.33. The Labute approximate surface area is 179 Å². The van der Waals surface area contributed by atoms with Crippen molar-refractivity contribution in [2.75, 3.05) is 18.6 Å². The van der Waals surface area contributed by atoms with E-state index in [1.165, 1.54) is 0 Å². The van der Waals surface area contributed by atoms with Gasteiger partial charge in [0, 0.05) is 12.5 Å². The molecule has 2 atom stereocenters. The molecule has 8 nitrogen and oxygen atoms in total. The molecule has 1 aliphatic rings. The minimum Gasteiger partial charge on any atom is -0.449 e. The average Bonchev–Trinajstić information content (AvgIpc) is 3.14. The number of nitrogens with zero attached hydrogens (tertiary/aromatic N) is 1. The maximum absolute atomic E-state index is 12.2. The van der Waals surface area contributed by atoms with Gasteiger partial charge in [0.05, 0.1) is 5.69 Å². The van der Waals surface area contributed by atoms with Gasteiger partial charge in [-0.1, -0.05) is 54.6 Å². The minimum atomic E-state index is -1.29. The third kappa shape index (κ3) is 4.36. The number of anilines is 1. The fraction of sp³-hybridized carbons (Fsp3) is 0.217. The zero-order valence-corrected chi connectivity index (χ0v) is 16.7. The van der Waals surface area contributed by atoms with E-state index in [9.17, 15) is 15.0 Å². The summed E-state index contributed by atoms with van der Waals surface area (Å²) in [6.07, 6.45) is -3.22. The number of aliphatic hydroxyl groups excluding tert-OH is 2. The standard InChI is InChI=1S/C23H24N4O4/c24-27-21-11-5-10-19(26-21)22(29)20(28)12-25-23(30)31-13-18-16-8-3-1-6-14(16)15-7-2-4-9-17(15)18/h1-11,18,20,22,28-29H,12-13,24H2,(H,25,30)(H,26,27). The van der Waals surface area contributed by atoms with E-state index in [0.717, 1.165) is 22.3 Å². The van der Waals surface area contributed by atoms with Gasteiger partial charge in [0.1, 0.15) is 24.6 Å². The van der Waals surface area contributed by atoms with Crippen LogP contribution in [0.2, 0.25) is 0 Å². The van der Waals surface area contributed by atoms with E-state index in [1.807, 2.05) is 36.4 Å². The van der Waals surface area contributed by atoms with E-state index < -0.39 is 18.3 Å². The van der Waals surface area contributed by atoms with Gasteiger partial charge in [-0.3, -0.25) is 0 Å². The number of hydrogen-bond donors (Lipinski definition) is 5. The van der Waals surface area contributed by atoms with Crippen molar-refractivity contribution in [2.24, 2.45) is 5.84 Å². The molecule has 8 heteroatoms. The molecule has 0 fully saturated rings. The molecule has 3 aromatic rings. The molecule has 160 valence electrons. The van der Waals surface area contributed by atoms with Crippen LogP contribution in [0.25, 0.3) is 11.1 Å². The summed E-state index contributed by atoms with van der Waals surface area (Å²) >= 11 is 0. The highest BCUT2D eigenvalue weighted by Gasteiger charge is 2.29. The molecule has 0 aliphatic heterocycles. The van der Waals surface area contributed by atoms with Gasteiger partial charge < -0.3 is 25.7 Å². The molecule has 0 saturated carbocycles. The Morgan fingerprint density at radius 1 is 1.00 bits per heavy atom. The van der Waals surface area contributed by atoms with Crippen molar-refractivity contribution in [2.45, 2.75) is 18.1 Å². The molecule has 0 spiro atoms. The van der Waals surface area contributed by atoms with Gasteiger partial charge in [-0.05, 0) is 34.4 Å². The topological polar surface area (TPSA) is 130 Å². The number of carbonyl (C=O) groups excluding carboxylic acids is 1. The largest absolute Gasteiger partial charge is 0.449 e. The summed E-state index contributed by atoms with van der Waals surface area (Å²) in [7, 11) is 0. The van der Waals surface area contributed by atoms with E-state index in [2.05, 4.69) is 27.9 Å². The summed E-state index contributed by atoms with van der Waals surface area (Å²) in [6, 6.07) is 21.0. The second-order valence-electron chi connectivity index (χ2n) is 7.31. The van der Waals surface area contributed by atoms with Gasteiger partial charge in [0.25, 0.3) is 0 Å². The third-order valence-corrected chi connectivity index (χ3v) is 5.39. The number of aromatic nitrogens is 1. The molecule has 6 N–H and O–H groups in total. The van der Waals surface area contributed by atoms with Crippen molar-refractivity contribution in [1.82, 2.24) is 10.3 Å². The quantitative estimate of drug-likeness (QED) is 0.293. The van der Waals surface area contributed by atoms with Crippen LogP contribution in [0.15, 0.2) is 66.7 Å². The summed E-state index contributed by atoms with van der Waals surface area (Å²) < 4.78 is 5.43. The number of nitrogen functional groups attached to an aromatic ring is 1. The van der Waals surface area contributed by atoms with Crippen molar-refractivity contribution in [1.29, 1.82) is 0 Å². The fourth-order valence-electron chi connectivity index (χ4n) is 3.84. The van der Waals surface area contributed by atoms with E-state index >= 15 is 0 Å². The zero-order valence-electron chi connectivity index (χ0n) is 16.7. The lowest BCUT2D eigenvalue weighted by Crippen LogP contribution is -2.36. The molecule has 1 heterocycles. The molecule has 1 amide bonds. The van der Waals surface area contributed by atoms with Crippen molar-refractivity contribution < 1.29 is 19.7 Å². The van der Waals surface area contributed by atoms with E-state index in [0.29, 0.717) is 5.82 Å². The number of alkyl carbamates (subject to hydrolysis) is 1. The first-order valence-electron chi connectivity index (χ1n) is 9.97. The van der Waals surface area contributed by atoms with Crippen molar-refractivity contribution >= 4 is 11.9 Å². The van der Waals surface area contributed by atoms with Crippen LogP contribution in [0.1, 0.15) is 28.8 Å². The lowest BCUT2D eigenvalue weighted by Gasteiger charge is -2.19. The van der Waals surface area contributed by atoms with Gasteiger partial charge in [-0.2, -0.15) is 0 Å². The monoisotopic (exact) mass is 420 g/mol. The van der Waals surface area contributed by atoms with Gasteiger partial charge >= 0.3 is 6.09 Å². The highest BCUT2D eigenvalue weighted by molar-refractivity contribution is 5.79. The number of fused-ring (bicyclic) bond motifs is 3. The molecule has 1 aliphatic carbocycles. The highest BCUT2D eigenvalue weighted by Crippen LogP contribution is 2.44. The smallest absolute Gasteiger partial charge is 0.407 e. The van der Waals surface area contributed by atoms with Crippen molar-refractivity contribution in [3.63, 3.8) is 0 Å². The molecule has 2 aromatic carbocycles. The molecular formula is C23H24N4O4. The molecule has 2 unspecified atom stereocenters. The lowest BCUT2D eigenvalue weighted by atomic mass is 9.98. The number of carbonyl (C=O) groups is 1. The molecule has 4 rings (SSSR count). The third-order valence-electron chi connectivity index (χ3n) is 5.39. The second-order valence-corrected chi connectivity index (χ2v) is 7.31. The number of hydrogen-bond acceptors (Lipinski definition) is 7.